The molecule has 0 unspecified atom stereocenters. The summed E-state index contributed by atoms with van der Waals surface area (Å²) < 4.78 is 5.60. The number of rotatable bonds is 7. The second kappa shape index (κ2) is 8.56. The average molecular weight is 319 g/mol. The molecule has 0 aromatic heterocycles. The number of hydrogen-bond donors (Lipinski definition) is 1. The van der Waals surface area contributed by atoms with Gasteiger partial charge in [0.05, 0.1) is 6.61 Å². The van der Waals surface area contributed by atoms with Crippen LogP contribution in [0.25, 0.3) is 0 Å². The lowest BCUT2D eigenvalue weighted by atomic mass is 9.93. The summed E-state index contributed by atoms with van der Waals surface area (Å²) in [5.74, 6) is 0.230. The summed E-state index contributed by atoms with van der Waals surface area (Å²) in [6.45, 7) is 4.07. The minimum atomic E-state index is -0.756. The van der Waals surface area contributed by atoms with E-state index in [0.717, 1.165) is 31.4 Å². The molecule has 1 N–H and O–H groups in total. The molecule has 1 saturated heterocycles. The van der Waals surface area contributed by atoms with Crippen molar-refractivity contribution in [1.29, 1.82) is 0 Å². The summed E-state index contributed by atoms with van der Waals surface area (Å²) in [6, 6.07) is 7.26. The average Bonchev–Trinajstić information content (AvgIpc) is 2.55. The molecule has 23 heavy (non-hydrogen) atoms. The Hall–Kier alpha value is -2.04. The maximum absolute atomic E-state index is 12.5. The fourth-order valence-corrected chi connectivity index (χ4v) is 2.80. The zero-order valence-corrected chi connectivity index (χ0v) is 13.7. The molecule has 1 aromatic rings. The summed E-state index contributed by atoms with van der Waals surface area (Å²) >= 11 is 0. The first kappa shape index (κ1) is 17.3. The van der Waals surface area contributed by atoms with Crippen LogP contribution in [0.2, 0.25) is 0 Å². The molecule has 5 nitrogen and oxygen atoms in total. The van der Waals surface area contributed by atoms with Crippen LogP contribution >= 0.6 is 0 Å². The predicted octanol–water partition coefficient (Wildman–Crippen LogP) is 3.19. The number of carbonyl (C=O) groups excluding carboxylic acids is 1. The molecule has 0 spiro atoms. The summed E-state index contributed by atoms with van der Waals surface area (Å²) in [5.41, 5.74) is 0.657. The molecular weight excluding hydrogens is 294 g/mol. The zero-order valence-electron chi connectivity index (χ0n) is 13.7. The number of hydrogen-bond acceptors (Lipinski definition) is 3. The Morgan fingerprint density at radius 3 is 2.43 bits per heavy atom. The number of amides is 1. The van der Waals surface area contributed by atoms with Crippen LogP contribution in [0.1, 0.15) is 49.4 Å². The van der Waals surface area contributed by atoms with Gasteiger partial charge in [-0.3, -0.25) is 9.59 Å². The molecule has 0 atom stereocenters. The van der Waals surface area contributed by atoms with Crippen LogP contribution in [0.5, 0.6) is 5.75 Å². The predicted molar refractivity (Wildman–Crippen MR) is 87.7 cm³/mol. The van der Waals surface area contributed by atoms with Gasteiger partial charge in [-0.05, 0) is 49.4 Å². The number of aliphatic carboxylic acids is 1. The van der Waals surface area contributed by atoms with E-state index in [-0.39, 0.29) is 18.2 Å². The lowest BCUT2D eigenvalue weighted by Crippen LogP contribution is -2.38. The topological polar surface area (TPSA) is 66.8 Å². The first-order valence-electron chi connectivity index (χ1n) is 8.34. The fraction of sp³-hybridized carbons (Fsp3) is 0.556. The normalized spacial score (nSPS) is 15.4. The monoisotopic (exact) mass is 319 g/mol. The van der Waals surface area contributed by atoms with Gasteiger partial charge in [0.25, 0.3) is 5.91 Å². The Morgan fingerprint density at radius 1 is 1.22 bits per heavy atom. The van der Waals surface area contributed by atoms with Gasteiger partial charge in [-0.15, -0.1) is 0 Å². The van der Waals surface area contributed by atoms with E-state index < -0.39 is 5.97 Å². The number of likely N-dealkylation sites (tertiary alicyclic amines) is 1. The standard InChI is InChI=1S/C18H25NO4/c1-2-3-12-23-16-6-4-15(5-7-16)18(22)19-10-8-14(9-11-19)13-17(20)21/h4-7,14H,2-3,8-13H2,1H3,(H,20,21). The number of nitrogens with zero attached hydrogens (tertiary/aromatic N) is 1. The molecule has 2 rings (SSSR count). The van der Waals surface area contributed by atoms with Crippen molar-refractivity contribution in [2.75, 3.05) is 19.7 Å². The van der Waals surface area contributed by atoms with Gasteiger partial charge in [0.2, 0.25) is 0 Å². The molecule has 1 aromatic carbocycles. The smallest absolute Gasteiger partial charge is 0.303 e. The van der Waals surface area contributed by atoms with Crippen molar-refractivity contribution in [3.05, 3.63) is 29.8 Å². The maximum Gasteiger partial charge on any atom is 0.303 e. The molecule has 5 heteroatoms. The minimum absolute atomic E-state index is 0.0129. The van der Waals surface area contributed by atoms with Crippen LogP contribution in [0.15, 0.2) is 24.3 Å². The lowest BCUT2D eigenvalue weighted by Gasteiger charge is -2.31. The third-order valence-corrected chi connectivity index (χ3v) is 4.23. The summed E-state index contributed by atoms with van der Waals surface area (Å²) in [5, 5.41) is 8.83. The Balaban J connectivity index is 1.85. The summed E-state index contributed by atoms with van der Waals surface area (Å²) in [6.07, 6.45) is 3.83. The molecule has 0 radical (unpaired) electrons. The van der Waals surface area contributed by atoms with E-state index in [0.29, 0.717) is 25.3 Å². The van der Waals surface area contributed by atoms with Crippen molar-refractivity contribution in [3.8, 4) is 5.75 Å². The van der Waals surface area contributed by atoms with E-state index >= 15 is 0 Å². The first-order valence-corrected chi connectivity index (χ1v) is 8.34. The molecule has 0 bridgehead atoms. The van der Waals surface area contributed by atoms with Crippen molar-refractivity contribution >= 4 is 11.9 Å². The van der Waals surface area contributed by atoms with Crippen LogP contribution in [0, 0.1) is 5.92 Å². The van der Waals surface area contributed by atoms with Crippen molar-refractivity contribution in [1.82, 2.24) is 4.90 Å². The van der Waals surface area contributed by atoms with E-state index in [9.17, 15) is 9.59 Å². The Kier molecular flexibility index (Phi) is 6.44. The largest absolute Gasteiger partial charge is 0.494 e. The van der Waals surface area contributed by atoms with Crippen molar-refractivity contribution in [2.45, 2.75) is 39.0 Å². The number of ether oxygens (including phenoxy) is 1. The van der Waals surface area contributed by atoms with Crippen LogP contribution in [-0.4, -0.2) is 41.6 Å². The first-order chi connectivity index (χ1) is 11.1. The number of benzene rings is 1. The van der Waals surface area contributed by atoms with Gasteiger partial charge in [-0.1, -0.05) is 13.3 Å². The van der Waals surface area contributed by atoms with Gasteiger partial charge in [0.1, 0.15) is 5.75 Å². The second-order valence-corrected chi connectivity index (χ2v) is 6.06. The molecule has 1 fully saturated rings. The third kappa shape index (κ3) is 5.27. The van der Waals surface area contributed by atoms with Crippen molar-refractivity contribution < 1.29 is 19.4 Å². The maximum atomic E-state index is 12.5. The number of carboxylic acid groups (broad SMARTS) is 1. The van der Waals surface area contributed by atoms with Gasteiger partial charge in [-0.2, -0.15) is 0 Å². The molecule has 1 aliphatic rings. The van der Waals surface area contributed by atoms with Crippen LogP contribution in [0.3, 0.4) is 0 Å². The number of carbonyl (C=O) groups is 2. The van der Waals surface area contributed by atoms with Gasteiger partial charge in [0, 0.05) is 25.1 Å². The van der Waals surface area contributed by atoms with E-state index in [2.05, 4.69) is 6.92 Å². The molecular formula is C18H25NO4. The van der Waals surface area contributed by atoms with Crippen LogP contribution < -0.4 is 4.74 Å². The number of carboxylic acids is 1. The minimum Gasteiger partial charge on any atom is -0.494 e. The van der Waals surface area contributed by atoms with Gasteiger partial charge in [0.15, 0.2) is 0 Å². The zero-order chi connectivity index (χ0) is 16.7. The third-order valence-electron chi connectivity index (χ3n) is 4.23. The summed E-state index contributed by atoms with van der Waals surface area (Å²) in [7, 11) is 0. The van der Waals surface area contributed by atoms with E-state index in [1.807, 2.05) is 17.0 Å². The van der Waals surface area contributed by atoms with E-state index in [4.69, 9.17) is 9.84 Å². The highest BCUT2D eigenvalue weighted by atomic mass is 16.5. The van der Waals surface area contributed by atoms with Gasteiger partial charge in [-0.25, -0.2) is 0 Å². The Morgan fingerprint density at radius 2 is 1.87 bits per heavy atom. The molecule has 1 amide bonds. The highest BCUT2D eigenvalue weighted by Gasteiger charge is 2.24. The Labute approximate surface area is 137 Å². The molecule has 126 valence electrons. The lowest BCUT2D eigenvalue weighted by molar-refractivity contribution is -0.138. The highest BCUT2D eigenvalue weighted by molar-refractivity contribution is 5.94. The SMILES string of the molecule is CCCCOc1ccc(C(=O)N2CCC(CC(=O)O)CC2)cc1. The number of piperidine rings is 1. The quantitative estimate of drug-likeness (QED) is 0.784. The fourth-order valence-electron chi connectivity index (χ4n) is 2.80. The number of unbranched alkanes of at least 4 members (excludes halogenated alkanes) is 1. The second-order valence-electron chi connectivity index (χ2n) is 6.06. The van der Waals surface area contributed by atoms with E-state index in [1.165, 1.54) is 0 Å². The van der Waals surface area contributed by atoms with Crippen molar-refractivity contribution in [2.24, 2.45) is 5.92 Å². The molecule has 1 heterocycles. The van der Waals surface area contributed by atoms with E-state index in [1.54, 1.807) is 12.1 Å². The molecule has 0 aliphatic carbocycles. The molecule has 0 saturated carbocycles. The van der Waals surface area contributed by atoms with Crippen molar-refractivity contribution in [3.63, 3.8) is 0 Å². The Bertz CT molecular complexity index is 518. The van der Waals surface area contributed by atoms with Gasteiger partial charge >= 0.3 is 5.97 Å². The van der Waals surface area contributed by atoms with Gasteiger partial charge < -0.3 is 14.7 Å². The summed E-state index contributed by atoms with van der Waals surface area (Å²) in [4.78, 5) is 25.0. The van der Waals surface area contributed by atoms with Crippen LogP contribution in [0.4, 0.5) is 0 Å². The van der Waals surface area contributed by atoms with Crippen LogP contribution in [-0.2, 0) is 4.79 Å². The molecule has 1 aliphatic heterocycles. The highest BCUT2D eigenvalue weighted by Crippen LogP contribution is 2.22.